The Balaban J connectivity index is 2.98. The van der Waals surface area contributed by atoms with Crippen molar-refractivity contribution in [3.8, 4) is 0 Å². The molecule has 0 aliphatic carbocycles. The lowest BCUT2D eigenvalue weighted by Gasteiger charge is -1.79. The van der Waals surface area contributed by atoms with Gasteiger partial charge >= 0.3 is 0 Å². The fourth-order valence-corrected chi connectivity index (χ4v) is 1.32. The largest absolute Gasteiger partial charge is 0.279 e. The maximum absolute atomic E-state index is 10.3. The number of rotatable bonds is 1. The zero-order valence-corrected chi connectivity index (χ0v) is 5.92. The van der Waals surface area contributed by atoms with Gasteiger partial charge < -0.3 is 0 Å². The van der Waals surface area contributed by atoms with Crippen molar-refractivity contribution in [1.82, 2.24) is 5.73 Å². The van der Waals surface area contributed by atoms with E-state index >= 15 is 0 Å². The number of carbonyl (C=O) groups is 1. The molecule has 1 rings (SSSR count). The molecule has 0 spiro atoms. The van der Waals surface area contributed by atoms with Gasteiger partial charge in [-0.15, -0.1) is 11.3 Å². The molecule has 0 aliphatic rings. The Kier molecular flexibility index (Phi) is 1.73. The topological polar surface area (TPSA) is 40.9 Å². The second-order valence-electron chi connectivity index (χ2n) is 1.43. The van der Waals surface area contributed by atoms with Gasteiger partial charge in [0.15, 0.2) is 0 Å². The summed E-state index contributed by atoms with van der Waals surface area (Å²) in [6.45, 7) is 0. The lowest BCUT2D eigenvalue weighted by atomic mass is 10.5. The van der Waals surface area contributed by atoms with Crippen LogP contribution < -0.4 is 5.73 Å². The molecule has 0 atom stereocenters. The molecule has 4 heteroatoms. The first-order valence-electron chi connectivity index (χ1n) is 2.21. The number of halogens is 1. The van der Waals surface area contributed by atoms with E-state index in [1.807, 2.05) is 0 Å². The van der Waals surface area contributed by atoms with Gasteiger partial charge in [0.1, 0.15) is 0 Å². The van der Waals surface area contributed by atoms with Crippen LogP contribution in [-0.4, -0.2) is 5.91 Å². The summed E-state index contributed by atoms with van der Waals surface area (Å²) in [5.74, 6) is -0.674. The van der Waals surface area contributed by atoms with Crippen molar-refractivity contribution in [2.24, 2.45) is 0 Å². The van der Waals surface area contributed by atoms with Gasteiger partial charge in [-0.1, -0.05) is 11.6 Å². The lowest BCUT2D eigenvalue weighted by molar-refractivity contribution is 0.0996. The molecule has 0 unspecified atom stereocenters. The van der Waals surface area contributed by atoms with E-state index in [1.165, 1.54) is 0 Å². The molecule has 1 amide bonds. The van der Waals surface area contributed by atoms with Gasteiger partial charge in [0.05, 0.1) is 9.21 Å². The third kappa shape index (κ3) is 1.43. The van der Waals surface area contributed by atoms with Crippen molar-refractivity contribution in [3.05, 3.63) is 21.3 Å². The summed E-state index contributed by atoms with van der Waals surface area (Å²) < 4.78 is 0.547. The first kappa shape index (κ1) is 6.58. The molecule has 0 aliphatic heterocycles. The lowest BCUT2D eigenvalue weighted by Crippen LogP contribution is -1.92. The normalized spacial score (nSPS) is 9.44. The van der Waals surface area contributed by atoms with E-state index in [1.54, 1.807) is 12.1 Å². The van der Waals surface area contributed by atoms with Crippen molar-refractivity contribution < 1.29 is 4.79 Å². The molecule has 0 saturated heterocycles. The minimum Gasteiger partial charge on any atom is -0.266 e. The number of hydrogen-bond donors (Lipinski definition) is 0. The Labute approximate surface area is 61.2 Å². The smallest absolute Gasteiger partial charge is 0.266 e. The number of thiophene rings is 1. The molecule has 1 heterocycles. The molecule has 1 radical (unpaired) electrons. The van der Waals surface area contributed by atoms with Crippen LogP contribution in [0.3, 0.4) is 0 Å². The maximum atomic E-state index is 10.3. The fraction of sp³-hybridized carbons (Fsp3) is 0. The Morgan fingerprint density at radius 1 is 1.67 bits per heavy atom. The van der Waals surface area contributed by atoms with Gasteiger partial charge in [0.25, 0.3) is 5.91 Å². The van der Waals surface area contributed by atoms with Crippen molar-refractivity contribution in [1.29, 1.82) is 0 Å². The van der Waals surface area contributed by atoms with Gasteiger partial charge in [-0.3, -0.25) is 10.5 Å². The molecule has 0 fully saturated rings. The summed E-state index contributed by atoms with van der Waals surface area (Å²) in [7, 11) is 0. The monoisotopic (exact) mass is 160 g/mol. The summed E-state index contributed by atoms with van der Waals surface area (Å²) in [6, 6.07) is 3.15. The first-order valence-corrected chi connectivity index (χ1v) is 3.41. The molecule has 9 heavy (non-hydrogen) atoms. The van der Waals surface area contributed by atoms with Crippen LogP contribution >= 0.6 is 22.9 Å². The zero-order valence-electron chi connectivity index (χ0n) is 4.35. The van der Waals surface area contributed by atoms with Crippen LogP contribution in [0.4, 0.5) is 0 Å². The highest BCUT2D eigenvalue weighted by atomic mass is 35.5. The first-order chi connectivity index (χ1) is 4.20. The highest BCUT2D eigenvalue weighted by Gasteiger charge is 2.02. The summed E-state index contributed by atoms with van der Waals surface area (Å²) >= 11 is 6.61. The number of amides is 1. The van der Waals surface area contributed by atoms with E-state index in [2.05, 4.69) is 0 Å². The maximum Gasteiger partial charge on any atom is 0.279 e. The average molecular weight is 161 g/mol. The Morgan fingerprint density at radius 2 is 2.33 bits per heavy atom. The Bertz CT molecular complexity index is 233. The quantitative estimate of drug-likeness (QED) is 0.618. The van der Waals surface area contributed by atoms with Crippen LogP contribution in [0, 0.1) is 0 Å². The third-order valence-corrected chi connectivity index (χ3v) is 2.03. The second-order valence-corrected chi connectivity index (χ2v) is 3.15. The van der Waals surface area contributed by atoms with Gasteiger partial charge in [-0.05, 0) is 12.1 Å². The average Bonchev–Trinajstić information content (AvgIpc) is 2.14. The minimum atomic E-state index is -0.674. The molecular formula is C5H3ClNOS. The SMILES string of the molecule is [NH]C(=O)c1ccc(Cl)s1. The Hall–Kier alpha value is -0.540. The van der Waals surface area contributed by atoms with Crippen LogP contribution in [-0.2, 0) is 0 Å². The molecule has 1 N–H and O–H groups in total. The van der Waals surface area contributed by atoms with Crippen LogP contribution in [0.2, 0.25) is 4.34 Å². The Morgan fingerprint density at radius 3 is 2.56 bits per heavy atom. The van der Waals surface area contributed by atoms with Crippen LogP contribution in [0.5, 0.6) is 0 Å². The molecule has 47 valence electrons. The van der Waals surface area contributed by atoms with Gasteiger partial charge in [0, 0.05) is 0 Å². The minimum absolute atomic E-state index is 0.389. The summed E-state index contributed by atoms with van der Waals surface area (Å²) in [4.78, 5) is 10.7. The summed E-state index contributed by atoms with van der Waals surface area (Å²) in [5, 5.41) is 0. The predicted molar refractivity (Wildman–Crippen MR) is 36.8 cm³/mol. The van der Waals surface area contributed by atoms with E-state index in [-0.39, 0.29) is 0 Å². The standard InChI is InChI=1S/C5H3ClNOS/c6-4-2-1-3(9-4)5(7)8/h1-2,7H. The number of nitrogens with one attached hydrogen (secondary N) is 1. The molecule has 1 aromatic heterocycles. The highest BCUT2D eigenvalue weighted by Crippen LogP contribution is 2.20. The van der Waals surface area contributed by atoms with Crippen molar-refractivity contribution >= 4 is 28.8 Å². The molecule has 2 nitrogen and oxygen atoms in total. The molecule has 0 aromatic carbocycles. The van der Waals surface area contributed by atoms with E-state index in [4.69, 9.17) is 17.3 Å². The number of hydrogen-bond acceptors (Lipinski definition) is 2. The van der Waals surface area contributed by atoms with E-state index < -0.39 is 5.91 Å². The molecule has 0 saturated carbocycles. The van der Waals surface area contributed by atoms with Gasteiger partial charge in [0.2, 0.25) is 0 Å². The number of carbonyl (C=O) groups excluding carboxylic acids is 1. The third-order valence-electron chi connectivity index (χ3n) is 0.797. The van der Waals surface area contributed by atoms with Crippen LogP contribution in [0.15, 0.2) is 12.1 Å². The van der Waals surface area contributed by atoms with Gasteiger partial charge in [-0.25, -0.2) is 0 Å². The van der Waals surface area contributed by atoms with Crippen molar-refractivity contribution in [2.45, 2.75) is 0 Å². The highest BCUT2D eigenvalue weighted by molar-refractivity contribution is 7.17. The molecule has 0 bridgehead atoms. The van der Waals surface area contributed by atoms with Crippen LogP contribution in [0.1, 0.15) is 9.67 Å². The fourth-order valence-electron chi connectivity index (χ4n) is 0.436. The van der Waals surface area contributed by atoms with Crippen molar-refractivity contribution in [3.63, 3.8) is 0 Å². The summed E-state index contributed by atoms with van der Waals surface area (Å²) in [6.07, 6.45) is 0. The predicted octanol–water partition coefficient (Wildman–Crippen LogP) is 1.82. The second kappa shape index (κ2) is 2.37. The van der Waals surface area contributed by atoms with Crippen LogP contribution in [0.25, 0.3) is 0 Å². The van der Waals surface area contributed by atoms with Crippen molar-refractivity contribution in [2.75, 3.05) is 0 Å². The van der Waals surface area contributed by atoms with Gasteiger partial charge in [-0.2, -0.15) is 0 Å². The zero-order chi connectivity index (χ0) is 6.85. The summed E-state index contributed by atoms with van der Waals surface area (Å²) in [5.41, 5.74) is 6.64. The van der Waals surface area contributed by atoms with E-state index in [9.17, 15) is 4.79 Å². The molecule has 1 aromatic rings. The molecular weight excluding hydrogens is 158 g/mol. The van der Waals surface area contributed by atoms with E-state index in [0.29, 0.717) is 9.21 Å². The van der Waals surface area contributed by atoms with E-state index in [0.717, 1.165) is 11.3 Å².